The van der Waals surface area contributed by atoms with E-state index in [0.29, 0.717) is 5.02 Å². The Balaban J connectivity index is 1.83. The van der Waals surface area contributed by atoms with E-state index >= 15 is 0 Å². The van der Waals surface area contributed by atoms with Crippen LogP contribution in [0.2, 0.25) is 10.0 Å². The van der Waals surface area contributed by atoms with Gasteiger partial charge in [-0.15, -0.1) is 0 Å². The van der Waals surface area contributed by atoms with Crippen molar-refractivity contribution in [3.05, 3.63) is 81.9 Å². The highest BCUT2D eigenvalue weighted by molar-refractivity contribution is 6.31. The molecule has 4 nitrogen and oxygen atoms in total. The van der Waals surface area contributed by atoms with E-state index in [2.05, 4.69) is 15.9 Å². The number of piperazine rings is 1. The van der Waals surface area contributed by atoms with Crippen LogP contribution in [0.3, 0.4) is 0 Å². The molecule has 0 aromatic heterocycles. The van der Waals surface area contributed by atoms with Crippen molar-refractivity contribution in [1.82, 2.24) is 4.90 Å². The number of hydrogen-bond donors (Lipinski definition) is 0. The number of rotatable bonds is 4. The van der Waals surface area contributed by atoms with E-state index in [9.17, 15) is 0 Å². The van der Waals surface area contributed by atoms with Gasteiger partial charge in [-0.25, -0.2) is 0 Å². The first-order chi connectivity index (χ1) is 13.6. The molecule has 1 heterocycles. The molecule has 2 aromatic rings. The van der Waals surface area contributed by atoms with Crippen molar-refractivity contribution in [3.8, 4) is 12.1 Å². The van der Waals surface area contributed by atoms with Gasteiger partial charge in [0.15, 0.2) is 0 Å². The van der Waals surface area contributed by atoms with Gasteiger partial charge in [0.25, 0.3) is 0 Å². The van der Waals surface area contributed by atoms with Crippen LogP contribution in [0.25, 0.3) is 5.70 Å². The molecule has 140 valence electrons. The highest BCUT2D eigenvalue weighted by atomic mass is 35.5. The van der Waals surface area contributed by atoms with Crippen LogP contribution in [0.5, 0.6) is 0 Å². The Bertz CT molecular complexity index is 957. The molecule has 6 heteroatoms. The molecule has 0 amide bonds. The molecule has 0 spiro atoms. The van der Waals surface area contributed by atoms with Gasteiger partial charge in [0.1, 0.15) is 17.7 Å². The fourth-order valence-electron chi connectivity index (χ4n) is 3.15. The first kappa shape index (κ1) is 19.8. The maximum Gasteiger partial charge on any atom is 0.129 e. The third-order valence-corrected chi connectivity index (χ3v) is 5.07. The first-order valence-electron chi connectivity index (χ1n) is 8.84. The Labute approximate surface area is 175 Å². The molecule has 1 saturated heterocycles. The highest BCUT2D eigenvalue weighted by Crippen LogP contribution is 2.26. The van der Waals surface area contributed by atoms with Gasteiger partial charge in [-0.05, 0) is 48.0 Å². The fourth-order valence-corrected chi connectivity index (χ4v) is 3.46. The summed E-state index contributed by atoms with van der Waals surface area (Å²) < 4.78 is 0. The van der Waals surface area contributed by atoms with E-state index in [-0.39, 0.29) is 5.57 Å². The minimum Gasteiger partial charge on any atom is -0.368 e. The SMILES string of the molecule is N#CC(C#N)=CC=C(c1ccc(Cl)cc1)N1CCN(c2cccc(Cl)c2)CC1. The maximum absolute atomic E-state index is 9.02. The number of nitrogens with zero attached hydrogens (tertiary/aromatic N) is 4. The zero-order valence-corrected chi connectivity index (χ0v) is 16.7. The molecule has 1 aliphatic rings. The molecule has 1 fully saturated rings. The molecule has 2 aromatic carbocycles. The predicted molar refractivity (Wildman–Crippen MR) is 114 cm³/mol. The molecule has 0 saturated carbocycles. The Kier molecular flexibility index (Phi) is 6.61. The molecule has 0 atom stereocenters. The molecule has 1 aliphatic heterocycles. The van der Waals surface area contributed by atoms with E-state index in [1.807, 2.05) is 60.7 Å². The minimum atomic E-state index is 0.0732. The summed E-state index contributed by atoms with van der Waals surface area (Å²) in [4.78, 5) is 4.56. The Morgan fingerprint density at radius 2 is 1.54 bits per heavy atom. The molecule has 28 heavy (non-hydrogen) atoms. The van der Waals surface area contributed by atoms with E-state index in [4.69, 9.17) is 33.7 Å². The van der Waals surface area contributed by atoms with Crippen LogP contribution in [-0.4, -0.2) is 31.1 Å². The second kappa shape index (κ2) is 9.33. The summed E-state index contributed by atoms with van der Waals surface area (Å²) >= 11 is 12.1. The molecule has 0 bridgehead atoms. The normalized spacial score (nSPS) is 14.2. The summed E-state index contributed by atoms with van der Waals surface area (Å²) in [5.74, 6) is 0. The van der Waals surface area contributed by atoms with Crippen molar-refractivity contribution < 1.29 is 0 Å². The van der Waals surface area contributed by atoms with Crippen molar-refractivity contribution in [2.45, 2.75) is 0 Å². The predicted octanol–water partition coefficient (Wildman–Crippen LogP) is 5.13. The van der Waals surface area contributed by atoms with Crippen LogP contribution in [0.15, 0.2) is 66.3 Å². The average Bonchev–Trinajstić information content (AvgIpc) is 2.73. The molecule has 0 unspecified atom stereocenters. The second-order valence-corrected chi connectivity index (χ2v) is 7.19. The zero-order valence-electron chi connectivity index (χ0n) is 15.1. The van der Waals surface area contributed by atoms with Crippen molar-refractivity contribution in [3.63, 3.8) is 0 Å². The third-order valence-electron chi connectivity index (χ3n) is 4.58. The summed E-state index contributed by atoms with van der Waals surface area (Å²) in [5.41, 5.74) is 3.14. The van der Waals surface area contributed by atoms with E-state index in [1.54, 1.807) is 6.08 Å². The van der Waals surface area contributed by atoms with Crippen molar-refractivity contribution in [2.24, 2.45) is 0 Å². The van der Waals surface area contributed by atoms with Crippen LogP contribution in [-0.2, 0) is 0 Å². The van der Waals surface area contributed by atoms with Gasteiger partial charge in [-0.3, -0.25) is 0 Å². The van der Waals surface area contributed by atoms with E-state index < -0.39 is 0 Å². The average molecular weight is 409 g/mol. The first-order valence-corrected chi connectivity index (χ1v) is 9.60. The van der Waals surface area contributed by atoms with Crippen molar-refractivity contribution in [1.29, 1.82) is 10.5 Å². The van der Waals surface area contributed by atoms with Gasteiger partial charge in [-0.1, -0.05) is 41.4 Å². The molecule has 3 rings (SSSR count). The molecular weight excluding hydrogens is 391 g/mol. The number of allylic oxidation sites excluding steroid dienone is 3. The lowest BCUT2D eigenvalue weighted by molar-refractivity contribution is 0.367. The quantitative estimate of drug-likeness (QED) is 0.519. The highest BCUT2D eigenvalue weighted by Gasteiger charge is 2.20. The molecule has 0 radical (unpaired) electrons. The smallest absolute Gasteiger partial charge is 0.129 e. The summed E-state index contributed by atoms with van der Waals surface area (Å²) in [6, 6.07) is 19.2. The summed E-state index contributed by atoms with van der Waals surface area (Å²) in [5, 5.41) is 19.4. The Morgan fingerprint density at radius 1 is 0.857 bits per heavy atom. The number of nitriles is 2. The Morgan fingerprint density at radius 3 is 2.14 bits per heavy atom. The van der Waals surface area contributed by atoms with Gasteiger partial charge in [0, 0.05) is 47.6 Å². The van der Waals surface area contributed by atoms with Crippen LogP contribution in [0.1, 0.15) is 5.56 Å². The number of anilines is 1. The van der Waals surface area contributed by atoms with Crippen LogP contribution >= 0.6 is 23.2 Å². The van der Waals surface area contributed by atoms with Crippen LogP contribution in [0.4, 0.5) is 5.69 Å². The van der Waals surface area contributed by atoms with Gasteiger partial charge in [0.05, 0.1) is 0 Å². The van der Waals surface area contributed by atoms with Crippen molar-refractivity contribution >= 4 is 34.6 Å². The lowest BCUT2D eigenvalue weighted by atomic mass is 10.1. The van der Waals surface area contributed by atoms with Crippen LogP contribution in [0, 0.1) is 22.7 Å². The lowest BCUT2D eigenvalue weighted by Crippen LogP contribution is -2.45. The van der Waals surface area contributed by atoms with Gasteiger partial charge < -0.3 is 9.80 Å². The standard InChI is InChI=1S/C22H18Cl2N4/c23-19-7-5-18(6-8-19)22(9-4-17(15-25)16-26)28-12-10-27(11-13-28)21-3-1-2-20(24)14-21/h1-9,14H,10-13H2. The summed E-state index contributed by atoms with van der Waals surface area (Å²) in [6.07, 6.45) is 3.40. The molecule has 0 N–H and O–H groups in total. The minimum absolute atomic E-state index is 0.0732. The summed E-state index contributed by atoms with van der Waals surface area (Å²) in [6.45, 7) is 3.31. The van der Waals surface area contributed by atoms with Gasteiger partial charge in [0.2, 0.25) is 0 Å². The van der Waals surface area contributed by atoms with E-state index in [0.717, 1.165) is 48.1 Å². The Hall–Kier alpha value is -2.92. The van der Waals surface area contributed by atoms with Gasteiger partial charge in [-0.2, -0.15) is 10.5 Å². The monoisotopic (exact) mass is 408 g/mol. The van der Waals surface area contributed by atoms with E-state index in [1.165, 1.54) is 0 Å². The second-order valence-electron chi connectivity index (χ2n) is 6.32. The topological polar surface area (TPSA) is 54.1 Å². The third kappa shape index (κ3) is 4.87. The van der Waals surface area contributed by atoms with Crippen molar-refractivity contribution in [2.75, 3.05) is 31.1 Å². The number of benzene rings is 2. The zero-order chi connectivity index (χ0) is 19.9. The molecular formula is C22H18Cl2N4. The maximum atomic E-state index is 9.02. The van der Waals surface area contributed by atoms with Crippen LogP contribution < -0.4 is 4.90 Å². The lowest BCUT2D eigenvalue weighted by Gasteiger charge is -2.38. The molecule has 0 aliphatic carbocycles. The number of halogens is 2. The van der Waals surface area contributed by atoms with Gasteiger partial charge >= 0.3 is 0 Å². The summed E-state index contributed by atoms with van der Waals surface area (Å²) in [7, 11) is 0. The number of hydrogen-bond acceptors (Lipinski definition) is 4. The largest absolute Gasteiger partial charge is 0.368 e. The fraction of sp³-hybridized carbons (Fsp3) is 0.182.